The number of aliphatic hydroxyl groups is 1. The van der Waals surface area contributed by atoms with Gasteiger partial charge in [0.1, 0.15) is 11.6 Å². The summed E-state index contributed by atoms with van der Waals surface area (Å²) < 4.78 is 0. The number of anilines is 1. The first-order valence-electron chi connectivity index (χ1n) is 7.51. The molecule has 1 saturated carbocycles. The number of nitrogens with one attached hydrogen (secondary N) is 1. The maximum absolute atomic E-state index is 10.1. The van der Waals surface area contributed by atoms with Crippen LogP contribution in [0, 0.1) is 19.3 Å². The number of terminal acetylenes is 1. The summed E-state index contributed by atoms with van der Waals surface area (Å²) in [6.45, 7) is 3.74. The topological polar surface area (TPSA) is 78.3 Å². The van der Waals surface area contributed by atoms with Crippen molar-refractivity contribution in [3.8, 4) is 29.4 Å². The molecule has 0 saturated heterocycles. The molecule has 0 atom stereocenters. The van der Waals surface area contributed by atoms with Gasteiger partial charge in [-0.25, -0.2) is 0 Å². The van der Waals surface area contributed by atoms with E-state index in [9.17, 15) is 10.2 Å². The molecule has 5 nitrogen and oxygen atoms in total. The van der Waals surface area contributed by atoms with Crippen molar-refractivity contribution in [1.82, 2.24) is 10.2 Å². The van der Waals surface area contributed by atoms with Gasteiger partial charge in [0.25, 0.3) is 0 Å². The van der Waals surface area contributed by atoms with Crippen LogP contribution in [0.15, 0.2) is 24.3 Å². The van der Waals surface area contributed by atoms with Crippen LogP contribution in [-0.2, 0) is 0 Å². The van der Waals surface area contributed by atoms with E-state index < -0.39 is 5.60 Å². The molecule has 1 aromatic heterocycles. The summed E-state index contributed by atoms with van der Waals surface area (Å²) in [5.74, 6) is 3.25. The highest BCUT2D eigenvalue weighted by molar-refractivity contribution is 5.71. The first kappa shape index (κ1) is 15.3. The monoisotopic (exact) mass is 309 g/mol. The molecule has 23 heavy (non-hydrogen) atoms. The lowest BCUT2D eigenvalue weighted by Crippen LogP contribution is -2.48. The van der Waals surface area contributed by atoms with Crippen molar-refractivity contribution in [2.75, 3.05) is 5.32 Å². The van der Waals surface area contributed by atoms with Crippen LogP contribution >= 0.6 is 0 Å². The SMILES string of the molecule is C#Cc1ccc(-c2nnc(NC3CC(C)(O)C3)cc2C)c(O)c1. The van der Waals surface area contributed by atoms with Gasteiger partial charge in [0.05, 0.1) is 11.3 Å². The van der Waals surface area contributed by atoms with Crippen LogP contribution in [0.25, 0.3) is 11.3 Å². The van der Waals surface area contributed by atoms with E-state index in [4.69, 9.17) is 6.42 Å². The Kier molecular flexibility index (Phi) is 3.70. The fraction of sp³-hybridized carbons (Fsp3) is 0.333. The molecule has 1 heterocycles. The highest BCUT2D eigenvalue weighted by Crippen LogP contribution is 2.34. The number of nitrogens with zero attached hydrogens (tertiary/aromatic N) is 2. The summed E-state index contributed by atoms with van der Waals surface area (Å²) in [7, 11) is 0. The van der Waals surface area contributed by atoms with Gasteiger partial charge in [-0.3, -0.25) is 0 Å². The molecule has 118 valence electrons. The number of aryl methyl sites for hydroxylation is 1. The van der Waals surface area contributed by atoms with Gasteiger partial charge in [-0.05, 0) is 56.5 Å². The van der Waals surface area contributed by atoms with Crippen LogP contribution in [0.1, 0.15) is 30.9 Å². The van der Waals surface area contributed by atoms with Crippen molar-refractivity contribution in [3.05, 3.63) is 35.4 Å². The third-order valence-corrected chi connectivity index (χ3v) is 4.13. The van der Waals surface area contributed by atoms with Gasteiger partial charge in [-0.1, -0.05) is 5.92 Å². The van der Waals surface area contributed by atoms with Crippen molar-refractivity contribution < 1.29 is 10.2 Å². The van der Waals surface area contributed by atoms with E-state index in [1.807, 2.05) is 19.9 Å². The van der Waals surface area contributed by atoms with Crippen LogP contribution in [-0.4, -0.2) is 32.1 Å². The number of aromatic nitrogens is 2. The Morgan fingerprint density at radius 1 is 1.30 bits per heavy atom. The lowest BCUT2D eigenvalue weighted by Gasteiger charge is -2.41. The molecule has 0 spiro atoms. The molecule has 5 heteroatoms. The van der Waals surface area contributed by atoms with Crippen molar-refractivity contribution in [2.24, 2.45) is 0 Å². The third kappa shape index (κ3) is 3.13. The van der Waals surface area contributed by atoms with Crippen LogP contribution in [0.5, 0.6) is 5.75 Å². The van der Waals surface area contributed by atoms with Gasteiger partial charge < -0.3 is 15.5 Å². The quantitative estimate of drug-likeness (QED) is 0.759. The Labute approximate surface area is 135 Å². The average molecular weight is 309 g/mol. The van der Waals surface area contributed by atoms with Gasteiger partial charge in [0.15, 0.2) is 0 Å². The molecular weight excluding hydrogens is 290 g/mol. The van der Waals surface area contributed by atoms with E-state index in [2.05, 4.69) is 21.4 Å². The molecule has 1 fully saturated rings. The Balaban J connectivity index is 1.81. The summed E-state index contributed by atoms with van der Waals surface area (Å²) in [5.41, 5.74) is 2.17. The summed E-state index contributed by atoms with van der Waals surface area (Å²) in [5, 5.41) is 31.5. The van der Waals surface area contributed by atoms with Crippen molar-refractivity contribution in [2.45, 2.75) is 38.3 Å². The highest BCUT2D eigenvalue weighted by atomic mass is 16.3. The second-order valence-corrected chi connectivity index (χ2v) is 6.38. The molecule has 0 unspecified atom stereocenters. The van der Waals surface area contributed by atoms with Crippen molar-refractivity contribution in [1.29, 1.82) is 0 Å². The maximum atomic E-state index is 10.1. The number of rotatable bonds is 3. The molecule has 1 aliphatic rings. The Morgan fingerprint density at radius 3 is 2.61 bits per heavy atom. The fourth-order valence-corrected chi connectivity index (χ4v) is 2.96. The lowest BCUT2D eigenvalue weighted by molar-refractivity contribution is -0.0235. The van der Waals surface area contributed by atoms with Crippen molar-refractivity contribution >= 4 is 5.82 Å². The number of phenolic OH excluding ortho intramolecular Hbond substituents is 1. The average Bonchev–Trinajstić information content (AvgIpc) is 2.46. The normalized spacial score (nSPS) is 23.0. The number of hydrogen-bond donors (Lipinski definition) is 3. The largest absolute Gasteiger partial charge is 0.507 e. The predicted octanol–water partition coefficient (Wildman–Crippen LogP) is 2.46. The first-order chi connectivity index (χ1) is 10.9. The fourth-order valence-electron chi connectivity index (χ4n) is 2.96. The first-order valence-corrected chi connectivity index (χ1v) is 7.51. The Bertz CT molecular complexity index is 785. The minimum atomic E-state index is -0.579. The second-order valence-electron chi connectivity index (χ2n) is 6.38. The lowest BCUT2D eigenvalue weighted by atomic mass is 9.77. The third-order valence-electron chi connectivity index (χ3n) is 4.13. The van der Waals surface area contributed by atoms with Gasteiger partial charge in [-0.2, -0.15) is 0 Å². The highest BCUT2D eigenvalue weighted by Gasteiger charge is 2.38. The van der Waals surface area contributed by atoms with Crippen LogP contribution < -0.4 is 5.32 Å². The number of aromatic hydroxyl groups is 1. The van der Waals surface area contributed by atoms with E-state index in [0.29, 0.717) is 35.5 Å². The minimum Gasteiger partial charge on any atom is -0.507 e. The molecule has 3 N–H and O–H groups in total. The molecular formula is C18H19N3O2. The van der Waals surface area contributed by atoms with E-state index >= 15 is 0 Å². The van der Waals surface area contributed by atoms with Crippen LogP contribution in [0.2, 0.25) is 0 Å². The molecule has 2 aromatic rings. The van der Waals surface area contributed by atoms with Crippen LogP contribution in [0.4, 0.5) is 5.82 Å². The van der Waals surface area contributed by atoms with E-state index in [0.717, 1.165) is 5.56 Å². The van der Waals surface area contributed by atoms with Gasteiger partial charge >= 0.3 is 0 Å². The zero-order valence-corrected chi connectivity index (χ0v) is 13.2. The molecule has 0 aliphatic heterocycles. The smallest absolute Gasteiger partial charge is 0.149 e. The molecule has 0 radical (unpaired) electrons. The maximum Gasteiger partial charge on any atom is 0.149 e. The van der Waals surface area contributed by atoms with Gasteiger partial charge in [0, 0.05) is 17.2 Å². The summed E-state index contributed by atoms with van der Waals surface area (Å²) in [6, 6.07) is 7.16. The summed E-state index contributed by atoms with van der Waals surface area (Å²) >= 11 is 0. The number of phenols is 1. The van der Waals surface area contributed by atoms with E-state index in [-0.39, 0.29) is 11.8 Å². The zero-order chi connectivity index (χ0) is 16.6. The Hall–Kier alpha value is -2.58. The number of hydrogen-bond acceptors (Lipinski definition) is 5. The van der Waals surface area contributed by atoms with Gasteiger partial charge in [0.2, 0.25) is 0 Å². The molecule has 1 aliphatic carbocycles. The van der Waals surface area contributed by atoms with Crippen molar-refractivity contribution in [3.63, 3.8) is 0 Å². The van der Waals surface area contributed by atoms with E-state index in [1.165, 1.54) is 0 Å². The molecule has 1 aromatic carbocycles. The predicted molar refractivity (Wildman–Crippen MR) is 89.1 cm³/mol. The Morgan fingerprint density at radius 2 is 2.04 bits per heavy atom. The molecule has 0 bridgehead atoms. The van der Waals surface area contributed by atoms with Gasteiger partial charge in [-0.15, -0.1) is 16.6 Å². The molecule has 0 amide bonds. The summed E-state index contributed by atoms with van der Waals surface area (Å²) in [4.78, 5) is 0. The minimum absolute atomic E-state index is 0.0913. The second kappa shape index (κ2) is 5.56. The number of benzene rings is 1. The summed E-state index contributed by atoms with van der Waals surface area (Å²) in [6.07, 6.45) is 6.72. The molecule has 3 rings (SSSR count). The zero-order valence-electron chi connectivity index (χ0n) is 13.2. The standard InChI is InChI=1S/C18H19N3O2/c1-4-12-5-6-14(15(22)8-12)17-11(2)7-16(20-21-17)19-13-9-18(3,23)10-13/h1,5-8,13,22-23H,9-10H2,2-3H3,(H,19,20). The van der Waals surface area contributed by atoms with Crippen LogP contribution in [0.3, 0.4) is 0 Å². The van der Waals surface area contributed by atoms with E-state index in [1.54, 1.807) is 18.2 Å².